The van der Waals surface area contributed by atoms with Crippen molar-refractivity contribution >= 4 is 16.0 Å². The van der Waals surface area contributed by atoms with Crippen LogP contribution in [0.25, 0.3) is 11.3 Å². The van der Waals surface area contributed by atoms with Gasteiger partial charge < -0.3 is 14.4 Å². The van der Waals surface area contributed by atoms with Crippen molar-refractivity contribution in [1.29, 1.82) is 0 Å². The lowest BCUT2D eigenvalue weighted by atomic mass is 9.96. The smallest absolute Gasteiger partial charge is 0.393 e. The van der Waals surface area contributed by atoms with Gasteiger partial charge in [-0.3, -0.25) is 4.79 Å². The van der Waals surface area contributed by atoms with E-state index in [1.165, 1.54) is 14.9 Å². The maximum atomic E-state index is 13.8. The average Bonchev–Trinajstić information content (AvgIpc) is 3.09. The van der Waals surface area contributed by atoms with Crippen LogP contribution in [0.4, 0.5) is 13.2 Å². The van der Waals surface area contributed by atoms with Crippen molar-refractivity contribution in [2.75, 3.05) is 26.3 Å². The summed E-state index contributed by atoms with van der Waals surface area (Å²) < 4.78 is 76.3. The lowest BCUT2D eigenvalue weighted by Gasteiger charge is -2.27. The summed E-state index contributed by atoms with van der Waals surface area (Å²) in [5, 5.41) is 9.54. The van der Waals surface area contributed by atoms with E-state index in [2.05, 4.69) is 0 Å². The number of benzene rings is 2. The number of ether oxygens (including phenoxy) is 1. The summed E-state index contributed by atoms with van der Waals surface area (Å²) in [4.78, 5) is 11.7. The van der Waals surface area contributed by atoms with Crippen LogP contribution in [0.15, 0.2) is 59.5 Å². The van der Waals surface area contributed by atoms with Crippen LogP contribution in [0.1, 0.15) is 22.4 Å². The predicted molar refractivity (Wildman–Crippen MR) is 131 cm³/mol. The third kappa shape index (κ3) is 5.89. The molecule has 2 heterocycles. The number of carbonyl (C=O) groups is 1. The zero-order valence-electron chi connectivity index (χ0n) is 20.2. The molecule has 0 atom stereocenters. The van der Waals surface area contributed by atoms with Gasteiger partial charge in [0, 0.05) is 25.2 Å². The molecule has 4 rings (SSSR count). The summed E-state index contributed by atoms with van der Waals surface area (Å²) in [7, 11) is -3.92. The Bertz CT molecular complexity index is 1380. The Morgan fingerprint density at radius 1 is 1.00 bits per heavy atom. The number of hydrogen-bond acceptors (Lipinski definition) is 4. The molecule has 1 fully saturated rings. The maximum Gasteiger partial charge on any atom is 0.393 e. The molecule has 0 aliphatic carbocycles. The molecule has 0 radical (unpaired) electrons. The van der Waals surface area contributed by atoms with Crippen molar-refractivity contribution in [2.24, 2.45) is 0 Å². The van der Waals surface area contributed by atoms with E-state index in [0.717, 1.165) is 0 Å². The van der Waals surface area contributed by atoms with Crippen molar-refractivity contribution < 1.29 is 36.2 Å². The highest BCUT2D eigenvalue weighted by Crippen LogP contribution is 2.38. The zero-order chi connectivity index (χ0) is 26.8. The van der Waals surface area contributed by atoms with E-state index in [1.807, 2.05) is 0 Å². The summed E-state index contributed by atoms with van der Waals surface area (Å²) in [6, 6.07) is 14.6. The fourth-order valence-electron chi connectivity index (χ4n) is 4.76. The highest BCUT2D eigenvalue weighted by molar-refractivity contribution is 7.89. The molecule has 1 N–H and O–H groups in total. The van der Waals surface area contributed by atoms with Gasteiger partial charge in [-0.25, -0.2) is 8.42 Å². The molecule has 0 unspecified atom stereocenters. The lowest BCUT2D eigenvalue weighted by Crippen LogP contribution is -2.40. The molecule has 7 nitrogen and oxygen atoms in total. The van der Waals surface area contributed by atoms with Gasteiger partial charge in [0.2, 0.25) is 10.0 Å². The van der Waals surface area contributed by atoms with Crippen molar-refractivity contribution in [3.05, 3.63) is 77.0 Å². The van der Waals surface area contributed by atoms with Crippen LogP contribution in [-0.2, 0) is 38.9 Å². The lowest BCUT2D eigenvalue weighted by molar-refractivity contribution is -0.137. The Hall–Kier alpha value is -3.15. The number of carboxylic acids is 1. The van der Waals surface area contributed by atoms with E-state index in [1.54, 1.807) is 55.5 Å². The minimum Gasteiger partial charge on any atom is -0.480 e. The molecular formula is C26H27F3N2O5S. The number of halogens is 3. The Morgan fingerprint density at radius 2 is 1.62 bits per heavy atom. The van der Waals surface area contributed by atoms with Crippen molar-refractivity contribution in [3.8, 4) is 11.3 Å². The van der Waals surface area contributed by atoms with Crippen LogP contribution in [0.5, 0.6) is 0 Å². The van der Waals surface area contributed by atoms with Gasteiger partial charge in [0.15, 0.2) is 0 Å². The number of morpholine rings is 1. The Morgan fingerprint density at radius 3 is 2.24 bits per heavy atom. The van der Waals surface area contributed by atoms with Gasteiger partial charge in [-0.1, -0.05) is 48.5 Å². The molecule has 0 spiro atoms. The van der Waals surface area contributed by atoms with Gasteiger partial charge in [0.05, 0.1) is 30.2 Å². The first-order chi connectivity index (χ1) is 17.5. The topological polar surface area (TPSA) is 88.8 Å². The van der Waals surface area contributed by atoms with Gasteiger partial charge in [-0.2, -0.15) is 17.5 Å². The molecule has 3 aromatic rings. The standard InChI is InChI=1S/C26H27F3N2O5S/c1-18-21(15-20-9-5-6-10-23(20)37(34,35)30-11-13-36-14-12-30)22(16-26(27,28)29)25(31(18)17-24(32)33)19-7-3-2-4-8-19/h2-10H,11-17H2,1H3,(H,32,33). The third-order valence-electron chi connectivity index (χ3n) is 6.41. The molecule has 0 amide bonds. The molecule has 1 aromatic heterocycles. The number of aromatic nitrogens is 1. The molecule has 1 saturated heterocycles. The summed E-state index contributed by atoms with van der Waals surface area (Å²) in [5.74, 6) is -1.20. The first-order valence-electron chi connectivity index (χ1n) is 11.7. The summed E-state index contributed by atoms with van der Waals surface area (Å²) >= 11 is 0. The second-order valence-corrected chi connectivity index (χ2v) is 10.7. The number of nitrogens with zero attached hydrogens (tertiary/aromatic N) is 2. The van der Waals surface area contributed by atoms with Crippen LogP contribution in [0, 0.1) is 6.92 Å². The van der Waals surface area contributed by atoms with Gasteiger partial charge in [0.1, 0.15) is 6.54 Å². The van der Waals surface area contributed by atoms with E-state index in [4.69, 9.17) is 4.74 Å². The molecule has 0 bridgehead atoms. The van der Waals surface area contributed by atoms with Crippen molar-refractivity contribution in [3.63, 3.8) is 0 Å². The maximum absolute atomic E-state index is 13.8. The molecule has 1 aliphatic rings. The molecular weight excluding hydrogens is 509 g/mol. The van der Waals surface area contributed by atoms with E-state index < -0.39 is 35.1 Å². The van der Waals surface area contributed by atoms with E-state index in [-0.39, 0.29) is 54.4 Å². The highest BCUT2D eigenvalue weighted by atomic mass is 32.2. The number of carboxylic acid groups (broad SMARTS) is 1. The molecule has 37 heavy (non-hydrogen) atoms. The number of aliphatic carboxylic acids is 1. The predicted octanol–water partition coefficient (Wildman–Crippen LogP) is 4.26. The average molecular weight is 537 g/mol. The number of sulfonamides is 1. The van der Waals surface area contributed by atoms with Gasteiger partial charge in [-0.05, 0) is 35.2 Å². The largest absolute Gasteiger partial charge is 0.480 e. The van der Waals surface area contributed by atoms with Gasteiger partial charge >= 0.3 is 12.1 Å². The normalized spacial score (nSPS) is 15.1. The Balaban J connectivity index is 1.89. The summed E-state index contributed by atoms with van der Waals surface area (Å²) in [5.41, 5.74) is 1.51. The van der Waals surface area contributed by atoms with Crippen LogP contribution < -0.4 is 0 Å². The first-order valence-corrected chi connectivity index (χ1v) is 13.1. The van der Waals surface area contributed by atoms with Crippen LogP contribution in [-0.4, -0.2) is 60.8 Å². The quantitative estimate of drug-likeness (QED) is 0.465. The molecule has 11 heteroatoms. The molecule has 1 aliphatic heterocycles. The molecule has 0 saturated carbocycles. The second kappa shape index (κ2) is 10.7. The SMILES string of the molecule is Cc1c(Cc2ccccc2S(=O)(=O)N2CCOCC2)c(CC(F)(F)F)c(-c2ccccc2)n1CC(=O)O. The fourth-order valence-corrected chi connectivity index (χ4v) is 6.39. The van der Waals surface area contributed by atoms with Crippen LogP contribution in [0.2, 0.25) is 0 Å². The van der Waals surface area contributed by atoms with Gasteiger partial charge in [-0.15, -0.1) is 0 Å². The highest BCUT2D eigenvalue weighted by Gasteiger charge is 2.35. The van der Waals surface area contributed by atoms with E-state index >= 15 is 0 Å². The van der Waals surface area contributed by atoms with E-state index in [0.29, 0.717) is 16.8 Å². The molecule has 2 aromatic carbocycles. The monoisotopic (exact) mass is 536 g/mol. The summed E-state index contributed by atoms with van der Waals surface area (Å²) in [6.07, 6.45) is -5.96. The van der Waals surface area contributed by atoms with Crippen molar-refractivity contribution in [2.45, 2.75) is 37.4 Å². The number of hydrogen-bond donors (Lipinski definition) is 1. The van der Waals surface area contributed by atoms with Gasteiger partial charge in [0.25, 0.3) is 0 Å². The first kappa shape index (κ1) is 26.9. The minimum absolute atomic E-state index is 0.0153. The Kier molecular flexibility index (Phi) is 7.77. The minimum atomic E-state index is -4.57. The number of rotatable bonds is 8. The van der Waals surface area contributed by atoms with Crippen LogP contribution >= 0.6 is 0 Å². The van der Waals surface area contributed by atoms with E-state index in [9.17, 15) is 31.5 Å². The second-order valence-electron chi connectivity index (χ2n) is 8.83. The molecule has 198 valence electrons. The Labute approximate surface area is 213 Å². The fraction of sp³-hybridized carbons (Fsp3) is 0.346. The number of alkyl halides is 3. The van der Waals surface area contributed by atoms with Crippen LogP contribution in [0.3, 0.4) is 0 Å². The summed E-state index contributed by atoms with van der Waals surface area (Å²) in [6.45, 7) is 1.92. The third-order valence-corrected chi connectivity index (χ3v) is 8.41. The zero-order valence-corrected chi connectivity index (χ0v) is 21.0. The van der Waals surface area contributed by atoms with Crippen molar-refractivity contribution in [1.82, 2.24) is 8.87 Å².